The Labute approximate surface area is 162 Å². The van der Waals surface area contributed by atoms with Crippen molar-refractivity contribution < 1.29 is 18.8 Å². The number of rotatable bonds is 6. The van der Waals surface area contributed by atoms with Gasteiger partial charge in [0.15, 0.2) is 17.3 Å². The predicted molar refractivity (Wildman–Crippen MR) is 102 cm³/mol. The van der Waals surface area contributed by atoms with E-state index in [0.29, 0.717) is 42.7 Å². The first-order chi connectivity index (χ1) is 13.7. The van der Waals surface area contributed by atoms with Crippen LogP contribution < -0.4 is 9.47 Å². The highest BCUT2D eigenvalue weighted by molar-refractivity contribution is 5.79. The molecule has 0 bridgehead atoms. The van der Waals surface area contributed by atoms with Gasteiger partial charge in [-0.05, 0) is 29.8 Å². The molecule has 0 N–H and O–H groups in total. The maximum absolute atomic E-state index is 12.5. The van der Waals surface area contributed by atoms with Crippen molar-refractivity contribution >= 4 is 5.91 Å². The number of hydrogen-bond donors (Lipinski definition) is 0. The number of amides is 1. The molecule has 28 heavy (non-hydrogen) atoms. The third-order valence-corrected chi connectivity index (χ3v) is 4.86. The molecular formula is C21H21N3O4. The van der Waals surface area contributed by atoms with E-state index in [1.54, 1.807) is 14.2 Å². The van der Waals surface area contributed by atoms with Gasteiger partial charge in [-0.3, -0.25) is 4.79 Å². The van der Waals surface area contributed by atoms with E-state index in [2.05, 4.69) is 10.1 Å². The van der Waals surface area contributed by atoms with Crippen molar-refractivity contribution in [3.8, 4) is 23.0 Å². The Morgan fingerprint density at radius 2 is 1.89 bits per heavy atom. The largest absolute Gasteiger partial charge is 0.493 e. The molecule has 0 spiro atoms. The van der Waals surface area contributed by atoms with Crippen LogP contribution in [0.5, 0.6) is 11.5 Å². The first-order valence-corrected chi connectivity index (χ1v) is 9.05. The Morgan fingerprint density at radius 3 is 2.64 bits per heavy atom. The van der Waals surface area contributed by atoms with Gasteiger partial charge in [-0.1, -0.05) is 29.4 Å². The summed E-state index contributed by atoms with van der Waals surface area (Å²) in [5.41, 5.74) is 1.84. The number of benzene rings is 2. The SMILES string of the molecule is COc1ccc(CN2CC(c3noc(-c4ccccc4)n3)CC2=O)cc1OC. The quantitative estimate of drug-likeness (QED) is 0.654. The van der Waals surface area contributed by atoms with E-state index in [0.717, 1.165) is 11.1 Å². The average molecular weight is 379 g/mol. The van der Waals surface area contributed by atoms with Crippen LogP contribution in [0, 0.1) is 0 Å². The fraction of sp³-hybridized carbons (Fsp3) is 0.286. The van der Waals surface area contributed by atoms with Crippen LogP contribution in [0.3, 0.4) is 0 Å². The molecule has 1 fully saturated rings. The van der Waals surface area contributed by atoms with Gasteiger partial charge in [-0.15, -0.1) is 0 Å². The zero-order valence-electron chi connectivity index (χ0n) is 15.8. The second-order valence-electron chi connectivity index (χ2n) is 6.69. The monoisotopic (exact) mass is 379 g/mol. The van der Waals surface area contributed by atoms with Gasteiger partial charge in [-0.25, -0.2) is 0 Å². The summed E-state index contributed by atoms with van der Waals surface area (Å²) in [5.74, 6) is 2.36. The minimum absolute atomic E-state index is 0.0749. The van der Waals surface area contributed by atoms with Crippen LogP contribution in [0.1, 0.15) is 23.7 Å². The summed E-state index contributed by atoms with van der Waals surface area (Å²) >= 11 is 0. The van der Waals surface area contributed by atoms with Gasteiger partial charge in [0, 0.05) is 31.0 Å². The lowest BCUT2D eigenvalue weighted by atomic mass is 10.1. The van der Waals surface area contributed by atoms with Gasteiger partial charge < -0.3 is 18.9 Å². The normalized spacial score (nSPS) is 16.4. The summed E-state index contributed by atoms with van der Waals surface area (Å²) < 4.78 is 16.0. The Bertz CT molecular complexity index is 971. The number of nitrogens with zero attached hydrogens (tertiary/aromatic N) is 3. The topological polar surface area (TPSA) is 77.7 Å². The second kappa shape index (κ2) is 7.72. The minimum Gasteiger partial charge on any atom is -0.493 e. The summed E-state index contributed by atoms with van der Waals surface area (Å²) in [7, 11) is 3.19. The maximum atomic E-state index is 12.5. The van der Waals surface area contributed by atoms with Crippen molar-refractivity contribution in [3.63, 3.8) is 0 Å². The van der Waals surface area contributed by atoms with Crippen LogP contribution in [0.25, 0.3) is 11.5 Å². The molecule has 7 heteroatoms. The lowest BCUT2D eigenvalue weighted by molar-refractivity contribution is -0.128. The van der Waals surface area contributed by atoms with E-state index < -0.39 is 0 Å². The molecule has 1 aliphatic rings. The van der Waals surface area contributed by atoms with E-state index in [1.807, 2.05) is 53.4 Å². The standard InChI is InChI=1S/C21H21N3O4/c1-26-17-9-8-14(10-18(17)27-2)12-24-13-16(11-19(24)25)20-22-21(28-23-20)15-6-4-3-5-7-15/h3-10,16H,11-13H2,1-2H3. The zero-order chi connectivity index (χ0) is 19.5. The van der Waals surface area contributed by atoms with Crippen LogP contribution in [0.2, 0.25) is 0 Å². The lowest BCUT2D eigenvalue weighted by Crippen LogP contribution is -2.24. The van der Waals surface area contributed by atoms with Crippen LogP contribution in [-0.4, -0.2) is 41.7 Å². The minimum atomic E-state index is -0.0751. The van der Waals surface area contributed by atoms with Crippen LogP contribution in [-0.2, 0) is 11.3 Å². The number of ether oxygens (including phenoxy) is 2. The maximum Gasteiger partial charge on any atom is 0.257 e. The number of hydrogen-bond acceptors (Lipinski definition) is 6. The molecule has 1 aliphatic heterocycles. The molecule has 4 rings (SSSR count). The molecule has 0 radical (unpaired) electrons. The van der Waals surface area contributed by atoms with E-state index >= 15 is 0 Å². The number of aromatic nitrogens is 2. The molecule has 3 aromatic rings. The summed E-state index contributed by atoms with van der Waals surface area (Å²) in [6, 6.07) is 15.3. The number of methoxy groups -OCH3 is 2. The second-order valence-corrected chi connectivity index (χ2v) is 6.69. The average Bonchev–Trinajstić information content (AvgIpc) is 3.36. The first-order valence-electron chi connectivity index (χ1n) is 9.05. The summed E-state index contributed by atoms with van der Waals surface area (Å²) in [6.45, 7) is 1.06. The van der Waals surface area contributed by atoms with E-state index in [1.165, 1.54) is 0 Å². The fourth-order valence-electron chi connectivity index (χ4n) is 3.40. The fourth-order valence-corrected chi connectivity index (χ4v) is 3.40. The van der Waals surface area contributed by atoms with Gasteiger partial charge in [0.2, 0.25) is 5.91 Å². The van der Waals surface area contributed by atoms with Crippen molar-refractivity contribution in [1.82, 2.24) is 15.0 Å². The van der Waals surface area contributed by atoms with Crippen molar-refractivity contribution in [3.05, 3.63) is 59.9 Å². The molecule has 1 atom stereocenters. The van der Waals surface area contributed by atoms with Gasteiger partial charge in [-0.2, -0.15) is 4.98 Å². The molecule has 7 nitrogen and oxygen atoms in total. The molecular weight excluding hydrogens is 358 g/mol. The molecule has 2 aromatic carbocycles. The van der Waals surface area contributed by atoms with E-state index in [-0.39, 0.29) is 11.8 Å². The smallest absolute Gasteiger partial charge is 0.257 e. The van der Waals surface area contributed by atoms with Crippen LogP contribution >= 0.6 is 0 Å². The highest BCUT2D eigenvalue weighted by atomic mass is 16.5. The summed E-state index contributed by atoms with van der Waals surface area (Å²) in [4.78, 5) is 18.8. The number of carbonyl (C=O) groups is 1. The molecule has 1 amide bonds. The zero-order valence-corrected chi connectivity index (χ0v) is 15.8. The predicted octanol–water partition coefficient (Wildman–Crippen LogP) is 3.27. The molecule has 1 saturated heterocycles. The van der Waals surface area contributed by atoms with Crippen molar-refractivity contribution in [1.29, 1.82) is 0 Å². The van der Waals surface area contributed by atoms with Crippen molar-refractivity contribution in [2.75, 3.05) is 20.8 Å². The number of likely N-dealkylation sites (tertiary alicyclic amines) is 1. The molecule has 0 saturated carbocycles. The third kappa shape index (κ3) is 3.55. The van der Waals surface area contributed by atoms with Gasteiger partial charge >= 0.3 is 0 Å². The Morgan fingerprint density at radius 1 is 1.11 bits per heavy atom. The van der Waals surface area contributed by atoms with Crippen molar-refractivity contribution in [2.45, 2.75) is 18.9 Å². The van der Waals surface area contributed by atoms with Crippen LogP contribution in [0.15, 0.2) is 53.1 Å². The van der Waals surface area contributed by atoms with E-state index in [9.17, 15) is 4.79 Å². The van der Waals surface area contributed by atoms with Gasteiger partial charge in [0.05, 0.1) is 14.2 Å². The van der Waals surface area contributed by atoms with Crippen LogP contribution in [0.4, 0.5) is 0 Å². The van der Waals surface area contributed by atoms with Crippen molar-refractivity contribution in [2.24, 2.45) is 0 Å². The Balaban J connectivity index is 1.47. The Hall–Kier alpha value is -3.35. The summed E-state index contributed by atoms with van der Waals surface area (Å²) in [5, 5.41) is 4.10. The highest BCUT2D eigenvalue weighted by Crippen LogP contribution is 2.31. The molecule has 2 heterocycles. The summed E-state index contributed by atoms with van der Waals surface area (Å²) in [6.07, 6.45) is 0.376. The molecule has 144 valence electrons. The first kappa shape index (κ1) is 18.0. The van der Waals surface area contributed by atoms with Gasteiger partial charge in [0.1, 0.15) is 0 Å². The highest BCUT2D eigenvalue weighted by Gasteiger charge is 2.33. The third-order valence-electron chi connectivity index (χ3n) is 4.86. The Kier molecular flexibility index (Phi) is 4.97. The molecule has 1 aromatic heterocycles. The number of carbonyl (C=O) groups excluding carboxylic acids is 1. The van der Waals surface area contributed by atoms with Gasteiger partial charge in [0.25, 0.3) is 5.89 Å². The molecule has 0 aliphatic carbocycles. The van der Waals surface area contributed by atoms with E-state index in [4.69, 9.17) is 14.0 Å². The molecule has 1 unspecified atom stereocenters. The lowest BCUT2D eigenvalue weighted by Gasteiger charge is -2.17.